The van der Waals surface area contributed by atoms with Crippen molar-refractivity contribution in [3.8, 4) is 0 Å². The van der Waals surface area contributed by atoms with Crippen LogP contribution in [0.1, 0.15) is 24.5 Å². The van der Waals surface area contributed by atoms with E-state index < -0.39 is 0 Å². The van der Waals surface area contributed by atoms with Gasteiger partial charge in [0.05, 0.1) is 6.54 Å². The first-order valence-electron chi connectivity index (χ1n) is 7.45. The van der Waals surface area contributed by atoms with Gasteiger partial charge in [0.25, 0.3) is 0 Å². The fraction of sp³-hybridized carbons (Fsp3) is 0.562. The summed E-state index contributed by atoms with van der Waals surface area (Å²) in [4.78, 5) is 14.1. The normalized spacial score (nSPS) is 22.0. The molecular formula is C16H25ClFN3O. The maximum Gasteiger partial charge on any atom is 0.234 e. The summed E-state index contributed by atoms with van der Waals surface area (Å²) in [5, 5.41) is 2.84. The number of nitrogens with one attached hydrogen (secondary N) is 1. The Bertz CT molecular complexity index is 512. The van der Waals surface area contributed by atoms with E-state index in [-0.39, 0.29) is 30.2 Å². The molecule has 0 radical (unpaired) electrons. The largest absolute Gasteiger partial charge is 0.351 e. The number of nitrogens with zero attached hydrogens (tertiary/aromatic N) is 1. The van der Waals surface area contributed by atoms with Crippen LogP contribution in [-0.4, -0.2) is 36.5 Å². The first kappa shape index (κ1) is 18.9. The topological polar surface area (TPSA) is 58.4 Å². The van der Waals surface area contributed by atoms with Crippen LogP contribution in [0.15, 0.2) is 18.2 Å². The van der Waals surface area contributed by atoms with Gasteiger partial charge >= 0.3 is 0 Å². The summed E-state index contributed by atoms with van der Waals surface area (Å²) < 4.78 is 13.4. The number of rotatable bonds is 4. The molecule has 1 saturated heterocycles. The van der Waals surface area contributed by atoms with Crippen LogP contribution in [0, 0.1) is 18.7 Å². The van der Waals surface area contributed by atoms with Crippen LogP contribution in [0.2, 0.25) is 0 Å². The molecular weight excluding hydrogens is 305 g/mol. The molecule has 1 aromatic carbocycles. The van der Waals surface area contributed by atoms with Gasteiger partial charge in [-0.3, -0.25) is 9.69 Å². The fourth-order valence-electron chi connectivity index (χ4n) is 2.60. The average molecular weight is 330 g/mol. The molecule has 6 heteroatoms. The zero-order valence-electron chi connectivity index (χ0n) is 13.1. The Hall–Kier alpha value is -1.17. The Morgan fingerprint density at radius 1 is 1.50 bits per heavy atom. The van der Waals surface area contributed by atoms with E-state index in [2.05, 4.69) is 17.1 Å². The molecule has 4 nitrogen and oxygen atoms in total. The third kappa shape index (κ3) is 5.23. The third-order valence-corrected chi connectivity index (χ3v) is 4.15. The van der Waals surface area contributed by atoms with Crippen molar-refractivity contribution in [2.24, 2.45) is 11.7 Å². The lowest BCUT2D eigenvalue weighted by Crippen LogP contribution is -2.48. The fourth-order valence-corrected chi connectivity index (χ4v) is 2.60. The summed E-state index contributed by atoms with van der Waals surface area (Å²) in [7, 11) is 0. The van der Waals surface area contributed by atoms with E-state index in [1.54, 1.807) is 13.0 Å². The van der Waals surface area contributed by atoms with Crippen molar-refractivity contribution in [1.29, 1.82) is 0 Å². The summed E-state index contributed by atoms with van der Waals surface area (Å²) in [5.74, 6) is 0.150. The number of likely N-dealkylation sites (tertiary alicyclic amines) is 1. The summed E-state index contributed by atoms with van der Waals surface area (Å²) in [6, 6.07) is 5.27. The average Bonchev–Trinajstić information content (AvgIpc) is 2.44. The van der Waals surface area contributed by atoms with Gasteiger partial charge < -0.3 is 11.1 Å². The lowest BCUT2D eigenvalue weighted by molar-refractivity contribution is -0.122. The third-order valence-electron chi connectivity index (χ3n) is 4.15. The second-order valence-electron chi connectivity index (χ2n) is 6.03. The Kier molecular flexibility index (Phi) is 7.26. The molecule has 124 valence electrons. The molecule has 1 fully saturated rings. The first-order valence-corrected chi connectivity index (χ1v) is 7.45. The number of carbonyl (C=O) groups is 1. The second-order valence-corrected chi connectivity index (χ2v) is 6.03. The second kappa shape index (κ2) is 8.46. The van der Waals surface area contributed by atoms with Gasteiger partial charge in [-0.1, -0.05) is 19.1 Å². The van der Waals surface area contributed by atoms with Gasteiger partial charge in [0.15, 0.2) is 0 Å². The van der Waals surface area contributed by atoms with E-state index in [1.807, 2.05) is 6.07 Å². The highest BCUT2D eigenvalue weighted by Crippen LogP contribution is 2.14. The molecule has 0 saturated carbocycles. The van der Waals surface area contributed by atoms with Crippen molar-refractivity contribution in [2.75, 3.05) is 19.6 Å². The minimum absolute atomic E-state index is 0. The first-order chi connectivity index (χ1) is 9.95. The van der Waals surface area contributed by atoms with Crippen molar-refractivity contribution in [2.45, 2.75) is 32.9 Å². The van der Waals surface area contributed by atoms with Crippen LogP contribution in [-0.2, 0) is 11.3 Å². The van der Waals surface area contributed by atoms with Crippen LogP contribution in [0.25, 0.3) is 0 Å². The van der Waals surface area contributed by atoms with Gasteiger partial charge in [-0.15, -0.1) is 12.4 Å². The van der Waals surface area contributed by atoms with Crippen molar-refractivity contribution < 1.29 is 9.18 Å². The number of hydrogen-bond acceptors (Lipinski definition) is 3. The number of piperidine rings is 1. The van der Waals surface area contributed by atoms with Gasteiger partial charge in [0.1, 0.15) is 5.82 Å². The van der Waals surface area contributed by atoms with Crippen LogP contribution < -0.4 is 11.1 Å². The lowest BCUT2D eigenvalue weighted by atomic mass is 9.95. The Morgan fingerprint density at radius 3 is 2.86 bits per heavy atom. The molecule has 2 unspecified atom stereocenters. The molecule has 1 amide bonds. The van der Waals surface area contributed by atoms with Gasteiger partial charge in [-0.05, 0) is 36.5 Å². The summed E-state index contributed by atoms with van der Waals surface area (Å²) in [5.41, 5.74) is 7.36. The molecule has 0 bridgehead atoms. The SMILES string of the molecule is Cc1ccc(CNC(=O)CN2CCC(N)C(C)C2)cc1F.Cl. The van der Waals surface area contributed by atoms with Crippen LogP contribution in [0.3, 0.4) is 0 Å². The number of halogens is 2. The van der Waals surface area contributed by atoms with Crippen LogP contribution >= 0.6 is 12.4 Å². The van der Waals surface area contributed by atoms with Crippen LogP contribution in [0.4, 0.5) is 4.39 Å². The van der Waals surface area contributed by atoms with Gasteiger partial charge in [0, 0.05) is 25.7 Å². The Balaban J connectivity index is 0.00000242. The molecule has 0 aromatic heterocycles. The highest BCUT2D eigenvalue weighted by molar-refractivity contribution is 5.85. The highest BCUT2D eigenvalue weighted by atomic mass is 35.5. The van der Waals surface area contributed by atoms with Gasteiger partial charge in [0.2, 0.25) is 5.91 Å². The summed E-state index contributed by atoms with van der Waals surface area (Å²) in [6.45, 7) is 6.29. The maximum absolute atomic E-state index is 13.4. The zero-order chi connectivity index (χ0) is 15.4. The minimum Gasteiger partial charge on any atom is -0.351 e. The molecule has 1 aliphatic rings. The van der Waals surface area contributed by atoms with Crippen molar-refractivity contribution >= 4 is 18.3 Å². The molecule has 22 heavy (non-hydrogen) atoms. The molecule has 2 rings (SSSR count). The quantitative estimate of drug-likeness (QED) is 0.886. The van der Waals surface area contributed by atoms with E-state index in [0.717, 1.165) is 25.1 Å². The standard InChI is InChI=1S/C16H24FN3O.ClH/c1-11-3-4-13(7-14(11)17)8-19-16(21)10-20-6-5-15(18)12(2)9-20;/h3-4,7,12,15H,5-6,8-10,18H2,1-2H3,(H,19,21);1H. The van der Waals surface area contributed by atoms with E-state index in [9.17, 15) is 9.18 Å². The smallest absolute Gasteiger partial charge is 0.234 e. The van der Waals surface area contributed by atoms with E-state index in [1.165, 1.54) is 6.07 Å². The number of benzene rings is 1. The van der Waals surface area contributed by atoms with Crippen molar-refractivity contribution in [3.63, 3.8) is 0 Å². The maximum atomic E-state index is 13.4. The number of nitrogens with two attached hydrogens (primary N) is 1. The lowest BCUT2D eigenvalue weighted by Gasteiger charge is -2.34. The molecule has 1 heterocycles. The van der Waals surface area contributed by atoms with Gasteiger partial charge in [-0.2, -0.15) is 0 Å². The molecule has 3 N–H and O–H groups in total. The Morgan fingerprint density at radius 2 is 2.23 bits per heavy atom. The predicted molar refractivity (Wildman–Crippen MR) is 88.4 cm³/mol. The molecule has 2 atom stereocenters. The van der Waals surface area contributed by atoms with E-state index >= 15 is 0 Å². The zero-order valence-corrected chi connectivity index (χ0v) is 14.0. The van der Waals surface area contributed by atoms with Crippen molar-refractivity contribution in [3.05, 3.63) is 35.1 Å². The predicted octanol–water partition coefficient (Wildman–Crippen LogP) is 1.84. The Labute approximate surface area is 137 Å². The number of hydrogen-bond donors (Lipinski definition) is 2. The number of carbonyl (C=O) groups excluding carboxylic acids is 1. The van der Waals surface area contributed by atoms with Gasteiger partial charge in [-0.25, -0.2) is 4.39 Å². The molecule has 1 aliphatic heterocycles. The summed E-state index contributed by atoms with van der Waals surface area (Å²) in [6.07, 6.45) is 0.928. The highest BCUT2D eigenvalue weighted by Gasteiger charge is 2.24. The van der Waals surface area contributed by atoms with Crippen molar-refractivity contribution in [1.82, 2.24) is 10.2 Å². The van der Waals surface area contributed by atoms with E-state index in [4.69, 9.17) is 5.73 Å². The molecule has 0 aliphatic carbocycles. The molecule has 1 aromatic rings. The van der Waals surface area contributed by atoms with Crippen LogP contribution in [0.5, 0.6) is 0 Å². The van der Waals surface area contributed by atoms with E-state index in [0.29, 0.717) is 24.6 Å². The summed E-state index contributed by atoms with van der Waals surface area (Å²) >= 11 is 0. The number of aryl methyl sites for hydroxylation is 1. The minimum atomic E-state index is -0.236. The number of amides is 1. The molecule has 0 spiro atoms. The monoisotopic (exact) mass is 329 g/mol.